The average Bonchev–Trinajstić information content (AvgIpc) is 3.46. The van der Waals surface area contributed by atoms with Crippen molar-refractivity contribution in [1.82, 2.24) is 9.88 Å². The normalized spacial score (nSPS) is 12.9. The Labute approximate surface area is 196 Å². The van der Waals surface area contributed by atoms with E-state index in [4.69, 9.17) is 4.74 Å². The van der Waals surface area contributed by atoms with Crippen molar-refractivity contribution in [3.63, 3.8) is 0 Å². The number of benzene rings is 1. The quantitative estimate of drug-likeness (QED) is 0.444. The number of hydrogen-bond acceptors (Lipinski definition) is 5. The van der Waals surface area contributed by atoms with Gasteiger partial charge in [-0.15, -0.1) is 11.3 Å². The molecule has 1 aromatic carbocycles. The highest BCUT2D eigenvalue weighted by Gasteiger charge is 2.26. The lowest BCUT2D eigenvalue weighted by Gasteiger charge is -2.13. The molecule has 0 fully saturated rings. The molecule has 4 rings (SSSR count). The Morgan fingerprint density at radius 3 is 2.81 bits per heavy atom. The number of amides is 2. The number of nitrogens with one attached hydrogen (secondary N) is 2. The van der Waals surface area contributed by atoms with Crippen LogP contribution < -0.4 is 10.6 Å². The van der Waals surface area contributed by atoms with Gasteiger partial charge in [-0.3, -0.25) is 9.59 Å². The SMILES string of the molecule is CCOCCCNC(=O)c1cccc(NC(=O)c2c(-n3cccc3)sc3c2CCSC3)c1. The molecular weight excluding hydrogens is 442 g/mol. The molecule has 3 aromatic rings. The van der Waals surface area contributed by atoms with Crippen molar-refractivity contribution in [2.45, 2.75) is 25.5 Å². The number of rotatable bonds is 9. The molecule has 32 heavy (non-hydrogen) atoms. The number of anilines is 1. The summed E-state index contributed by atoms with van der Waals surface area (Å²) < 4.78 is 7.30. The second kappa shape index (κ2) is 10.8. The summed E-state index contributed by atoms with van der Waals surface area (Å²) >= 11 is 3.59. The summed E-state index contributed by atoms with van der Waals surface area (Å²) in [7, 11) is 0. The fraction of sp³-hybridized carbons (Fsp3) is 0.333. The largest absolute Gasteiger partial charge is 0.382 e. The van der Waals surface area contributed by atoms with E-state index < -0.39 is 0 Å². The maximum absolute atomic E-state index is 13.4. The first-order chi connectivity index (χ1) is 15.7. The van der Waals surface area contributed by atoms with E-state index >= 15 is 0 Å². The van der Waals surface area contributed by atoms with Gasteiger partial charge in [0.15, 0.2) is 0 Å². The first kappa shape index (κ1) is 22.6. The second-order valence-corrected chi connectivity index (χ2v) is 9.61. The van der Waals surface area contributed by atoms with E-state index in [1.165, 1.54) is 4.88 Å². The minimum absolute atomic E-state index is 0.132. The van der Waals surface area contributed by atoms with Crippen LogP contribution in [0.5, 0.6) is 0 Å². The molecule has 0 bridgehead atoms. The van der Waals surface area contributed by atoms with Gasteiger partial charge in [-0.05, 0) is 61.4 Å². The topological polar surface area (TPSA) is 72.4 Å². The number of thiophene rings is 1. The Morgan fingerprint density at radius 1 is 1.16 bits per heavy atom. The Kier molecular flexibility index (Phi) is 7.68. The zero-order chi connectivity index (χ0) is 22.3. The van der Waals surface area contributed by atoms with Crippen LogP contribution in [-0.2, 0) is 16.9 Å². The molecule has 2 amide bonds. The van der Waals surface area contributed by atoms with Crippen molar-refractivity contribution in [1.29, 1.82) is 0 Å². The summed E-state index contributed by atoms with van der Waals surface area (Å²) in [6, 6.07) is 11.0. The van der Waals surface area contributed by atoms with Gasteiger partial charge in [0.2, 0.25) is 0 Å². The van der Waals surface area contributed by atoms with Crippen molar-refractivity contribution in [2.24, 2.45) is 0 Å². The number of carbonyl (C=O) groups excluding carboxylic acids is 2. The first-order valence-corrected chi connectivity index (χ1v) is 12.8. The highest BCUT2D eigenvalue weighted by atomic mass is 32.2. The monoisotopic (exact) mass is 469 g/mol. The highest BCUT2D eigenvalue weighted by Crippen LogP contribution is 2.38. The van der Waals surface area contributed by atoms with Crippen molar-refractivity contribution >= 4 is 40.6 Å². The van der Waals surface area contributed by atoms with Gasteiger partial charge < -0.3 is 19.9 Å². The minimum Gasteiger partial charge on any atom is -0.382 e. The van der Waals surface area contributed by atoms with Crippen LogP contribution in [0.1, 0.15) is 44.5 Å². The molecular formula is C24H27N3O3S2. The summed E-state index contributed by atoms with van der Waals surface area (Å²) in [6.45, 7) is 3.80. The molecule has 3 heterocycles. The van der Waals surface area contributed by atoms with Gasteiger partial charge in [-0.25, -0.2) is 0 Å². The van der Waals surface area contributed by atoms with Crippen molar-refractivity contribution < 1.29 is 14.3 Å². The zero-order valence-electron chi connectivity index (χ0n) is 18.1. The molecule has 0 unspecified atom stereocenters. The van der Waals surface area contributed by atoms with Crippen LogP contribution in [0, 0.1) is 0 Å². The molecule has 1 aliphatic rings. The molecule has 0 atom stereocenters. The third-order valence-corrected chi connectivity index (χ3v) is 7.62. The van der Waals surface area contributed by atoms with Crippen LogP contribution in [-0.4, -0.2) is 41.9 Å². The van der Waals surface area contributed by atoms with Crippen LogP contribution in [0.4, 0.5) is 5.69 Å². The third-order valence-electron chi connectivity index (χ3n) is 5.21. The summed E-state index contributed by atoms with van der Waals surface area (Å²) in [4.78, 5) is 27.1. The predicted octanol–water partition coefficient (Wildman–Crippen LogP) is 4.74. The standard InChI is InChI=1S/C24H27N3O3S2/c1-2-30-13-6-10-25-22(28)17-7-5-8-18(15-17)26-23(29)21-19-9-14-31-16-20(19)32-24(21)27-11-3-4-12-27/h3-5,7-8,11-12,15H,2,6,9-10,13-14,16H2,1H3,(H,25,28)(H,26,29). The maximum atomic E-state index is 13.4. The van der Waals surface area contributed by atoms with Crippen molar-refractivity contribution in [3.05, 3.63) is 70.4 Å². The van der Waals surface area contributed by atoms with E-state index in [9.17, 15) is 9.59 Å². The molecule has 168 valence electrons. The summed E-state index contributed by atoms with van der Waals surface area (Å²) in [5, 5.41) is 6.87. The fourth-order valence-electron chi connectivity index (χ4n) is 3.66. The molecule has 6 nitrogen and oxygen atoms in total. The van der Waals surface area contributed by atoms with E-state index in [1.54, 1.807) is 29.5 Å². The predicted molar refractivity (Wildman–Crippen MR) is 131 cm³/mol. The van der Waals surface area contributed by atoms with Gasteiger partial charge in [0.25, 0.3) is 11.8 Å². The van der Waals surface area contributed by atoms with Crippen LogP contribution in [0.2, 0.25) is 0 Å². The van der Waals surface area contributed by atoms with Crippen molar-refractivity contribution in [3.8, 4) is 5.00 Å². The molecule has 8 heteroatoms. The van der Waals surface area contributed by atoms with E-state index in [0.29, 0.717) is 31.0 Å². The number of carbonyl (C=O) groups is 2. The van der Waals surface area contributed by atoms with Gasteiger partial charge >= 0.3 is 0 Å². The fourth-order valence-corrected chi connectivity index (χ4v) is 6.10. The molecule has 0 radical (unpaired) electrons. The van der Waals surface area contributed by atoms with Crippen LogP contribution >= 0.6 is 23.1 Å². The van der Waals surface area contributed by atoms with E-state index in [1.807, 2.05) is 53.8 Å². The lowest BCUT2D eigenvalue weighted by molar-refractivity contribution is 0.0943. The van der Waals surface area contributed by atoms with Gasteiger partial charge in [0.1, 0.15) is 5.00 Å². The number of fused-ring (bicyclic) bond motifs is 1. The van der Waals surface area contributed by atoms with Crippen molar-refractivity contribution in [2.75, 3.05) is 30.8 Å². The molecule has 0 saturated heterocycles. The second-order valence-electron chi connectivity index (χ2n) is 7.42. The van der Waals surface area contributed by atoms with Gasteiger partial charge in [0.05, 0.1) is 5.56 Å². The Hall–Kier alpha value is -2.55. The maximum Gasteiger partial charge on any atom is 0.258 e. The molecule has 0 spiro atoms. The van der Waals surface area contributed by atoms with E-state index in [-0.39, 0.29) is 11.8 Å². The lowest BCUT2D eigenvalue weighted by atomic mass is 10.1. The number of thioether (sulfide) groups is 1. The molecule has 1 aliphatic heterocycles. The average molecular weight is 470 g/mol. The third kappa shape index (κ3) is 5.26. The van der Waals surface area contributed by atoms with Crippen LogP contribution in [0.3, 0.4) is 0 Å². The smallest absolute Gasteiger partial charge is 0.258 e. The Balaban J connectivity index is 1.50. The number of ether oxygens (including phenoxy) is 1. The van der Waals surface area contributed by atoms with Crippen LogP contribution in [0.15, 0.2) is 48.8 Å². The number of aromatic nitrogens is 1. The summed E-state index contributed by atoms with van der Waals surface area (Å²) in [6.07, 6.45) is 5.60. The number of hydrogen-bond donors (Lipinski definition) is 2. The molecule has 2 N–H and O–H groups in total. The first-order valence-electron chi connectivity index (χ1n) is 10.8. The highest BCUT2D eigenvalue weighted by molar-refractivity contribution is 7.98. The Morgan fingerprint density at radius 2 is 2.00 bits per heavy atom. The molecule has 0 aliphatic carbocycles. The summed E-state index contributed by atoms with van der Waals surface area (Å²) in [5.74, 6) is 1.68. The summed E-state index contributed by atoms with van der Waals surface area (Å²) in [5.41, 5.74) is 3.03. The molecule has 2 aromatic heterocycles. The van der Waals surface area contributed by atoms with Gasteiger partial charge in [-0.2, -0.15) is 11.8 Å². The Bertz CT molecular complexity index is 1080. The van der Waals surface area contributed by atoms with E-state index in [2.05, 4.69) is 10.6 Å². The van der Waals surface area contributed by atoms with Gasteiger partial charge in [0, 0.05) is 54.0 Å². The van der Waals surface area contributed by atoms with E-state index in [0.717, 1.165) is 40.5 Å². The van der Waals surface area contributed by atoms with Gasteiger partial charge in [-0.1, -0.05) is 6.07 Å². The zero-order valence-corrected chi connectivity index (χ0v) is 19.7. The van der Waals surface area contributed by atoms with Crippen LogP contribution in [0.25, 0.3) is 5.00 Å². The minimum atomic E-state index is -0.157. The number of nitrogens with zero attached hydrogens (tertiary/aromatic N) is 1. The lowest BCUT2D eigenvalue weighted by Crippen LogP contribution is -2.25. The molecule has 0 saturated carbocycles.